The fourth-order valence-corrected chi connectivity index (χ4v) is 4.59. The van der Waals surface area contributed by atoms with Gasteiger partial charge < -0.3 is 20.2 Å². The summed E-state index contributed by atoms with van der Waals surface area (Å²) >= 11 is 3.52. The van der Waals surface area contributed by atoms with Crippen molar-refractivity contribution in [1.82, 2.24) is 10.3 Å². The topological polar surface area (TPSA) is 82.0 Å². The van der Waals surface area contributed by atoms with Crippen LogP contribution < -0.4 is 5.32 Å². The molecule has 1 aromatic heterocycles. The molecule has 30 heavy (non-hydrogen) atoms. The fraction of sp³-hybridized carbons (Fsp3) is 0.304. The van der Waals surface area contributed by atoms with Gasteiger partial charge in [-0.3, -0.25) is 0 Å². The molecule has 0 atom stereocenters. The number of hydrogen-bond acceptors (Lipinski definition) is 5. The van der Waals surface area contributed by atoms with E-state index in [1.165, 1.54) is 12.8 Å². The molecule has 7 heteroatoms. The third kappa shape index (κ3) is 3.63. The van der Waals surface area contributed by atoms with Crippen molar-refractivity contribution >= 4 is 43.9 Å². The van der Waals surface area contributed by atoms with Gasteiger partial charge in [0.05, 0.1) is 11.3 Å². The fourth-order valence-electron chi connectivity index (χ4n) is 4.23. The van der Waals surface area contributed by atoms with Gasteiger partial charge in [-0.2, -0.15) is 0 Å². The second kappa shape index (κ2) is 8.24. The average molecular weight is 467 g/mol. The molecule has 3 aromatic rings. The maximum atomic E-state index is 10.7. The standard InChI is InChI=1S/C23H23BrN4O2/c24-15-5-6-19-17(13-15)20(23(29)27-19)22-21(16-3-1-2-4-18(16)26-22)28-30-12-9-14-7-10-25-11-8-14/h1-6,13-14,25,27,29H,7-12H2/b28-21+. The first-order valence-corrected chi connectivity index (χ1v) is 11.1. The molecule has 154 valence electrons. The number of nitrogens with one attached hydrogen (secondary N) is 2. The summed E-state index contributed by atoms with van der Waals surface area (Å²) in [5, 5.41) is 19.4. The molecule has 3 N–H and O–H groups in total. The van der Waals surface area contributed by atoms with Crippen molar-refractivity contribution in [2.75, 3.05) is 19.7 Å². The molecule has 2 aliphatic rings. The van der Waals surface area contributed by atoms with Crippen LogP contribution in [0.25, 0.3) is 10.9 Å². The van der Waals surface area contributed by atoms with Gasteiger partial charge in [0.2, 0.25) is 0 Å². The van der Waals surface area contributed by atoms with Gasteiger partial charge in [-0.05, 0) is 62.5 Å². The molecule has 2 aliphatic heterocycles. The Hall–Kier alpha value is -2.64. The number of piperidine rings is 1. The molecule has 0 radical (unpaired) electrons. The lowest BCUT2D eigenvalue weighted by Gasteiger charge is -2.21. The van der Waals surface area contributed by atoms with Crippen LogP contribution in [-0.4, -0.2) is 41.2 Å². The van der Waals surface area contributed by atoms with Crippen molar-refractivity contribution < 1.29 is 9.94 Å². The Bertz CT molecular complexity index is 1150. The van der Waals surface area contributed by atoms with E-state index in [9.17, 15) is 5.11 Å². The predicted molar refractivity (Wildman–Crippen MR) is 123 cm³/mol. The van der Waals surface area contributed by atoms with Crippen molar-refractivity contribution in [1.29, 1.82) is 0 Å². The lowest BCUT2D eigenvalue weighted by Crippen LogP contribution is -2.28. The summed E-state index contributed by atoms with van der Waals surface area (Å²) < 4.78 is 0.933. The Labute approximate surface area is 183 Å². The van der Waals surface area contributed by atoms with Crippen molar-refractivity contribution in [3.05, 3.63) is 58.1 Å². The molecular formula is C23H23BrN4O2. The summed E-state index contributed by atoms with van der Waals surface area (Å²) in [6, 6.07) is 13.7. The summed E-state index contributed by atoms with van der Waals surface area (Å²) in [7, 11) is 0. The number of rotatable bonds is 5. The maximum Gasteiger partial charge on any atom is 0.199 e. The van der Waals surface area contributed by atoms with Crippen LogP contribution in [0.3, 0.4) is 0 Å². The molecule has 0 spiro atoms. The number of H-pyrrole nitrogens is 1. The summed E-state index contributed by atoms with van der Waals surface area (Å²) in [6.07, 6.45) is 3.37. The van der Waals surface area contributed by atoms with E-state index in [4.69, 9.17) is 9.83 Å². The molecule has 0 unspecified atom stereocenters. The number of fused-ring (bicyclic) bond motifs is 2. The van der Waals surface area contributed by atoms with Crippen LogP contribution in [0.15, 0.2) is 57.1 Å². The highest BCUT2D eigenvalue weighted by molar-refractivity contribution is 9.10. The minimum absolute atomic E-state index is 0.0806. The monoisotopic (exact) mass is 466 g/mol. The Morgan fingerprint density at radius 3 is 2.87 bits per heavy atom. The van der Waals surface area contributed by atoms with E-state index in [0.29, 0.717) is 29.5 Å². The van der Waals surface area contributed by atoms with Crippen LogP contribution in [0.2, 0.25) is 0 Å². The Kier molecular flexibility index (Phi) is 5.31. The van der Waals surface area contributed by atoms with E-state index in [2.05, 4.69) is 31.4 Å². The number of aromatic amines is 1. The predicted octanol–water partition coefficient (Wildman–Crippen LogP) is 4.88. The second-order valence-electron chi connectivity index (χ2n) is 7.77. The van der Waals surface area contributed by atoms with E-state index in [1.54, 1.807) is 0 Å². The van der Waals surface area contributed by atoms with Gasteiger partial charge in [0.15, 0.2) is 5.88 Å². The number of aromatic nitrogens is 1. The number of para-hydroxylation sites is 1. The van der Waals surface area contributed by atoms with Gasteiger partial charge in [-0.15, -0.1) is 0 Å². The van der Waals surface area contributed by atoms with E-state index < -0.39 is 0 Å². The molecule has 0 bridgehead atoms. The summed E-state index contributed by atoms with van der Waals surface area (Å²) in [6.45, 7) is 2.74. The van der Waals surface area contributed by atoms with Crippen molar-refractivity contribution in [3.63, 3.8) is 0 Å². The molecule has 0 aliphatic carbocycles. The van der Waals surface area contributed by atoms with E-state index in [1.807, 2.05) is 42.5 Å². The van der Waals surface area contributed by atoms with Gasteiger partial charge >= 0.3 is 0 Å². The van der Waals surface area contributed by atoms with Gasteiger partial charge in [-0.25, -0.2) is 4.99 Å². The SMILES string of the molecule is Oc1[nH]c2ccc(Br)cc2c1C1=Nc2ccccc2/C1=N\OCCC1CCNCC1. The highest BCUT2D eigenvalue weighted by Crippen LogP contribution is 2.36. The molecule has 3 heterocycles. The van der Waals surface area contributed by atoms with Crippen molar-refractivity contribution in [2.24, 2.45) is 16.1 Å². The zero-order chi connectivity index (χ0) is 20.5. The number of aliphatic imine (C=N–C) groups is 1. The van der Waals surface area contributed by atoms with Gasteiger partial charge in [0.1, 0.15) is 18.0 Å². The first-order valence-electron chi connectivity index (χ1n) is 10.3. The number of oxime groups is 1. The third-order valence-electron chi connectivity index (χ3n) is 5.83. The van der Waals surface area contributed by atoms with E-state index in [0.717, 1.165) is 46.1 Å². The zero-order valence-electron chi connectivity index (χ0n) is 16.5. The van der Waals surface area contributed by atoms with Crippen molar-refractivity contribution in [3.8, 4) is 5.88 Å². The van der Waals surface area contributed by atoms with Crippen LogP contribution in [0.4, 0.5) is 5.69 Å². The average Bonchev–Trinajstić information content (AvgIpc) is 3.28. The van der Waals surface area contributed by atoms with Gasteiger partial charge in [0.25, 0.3) is 0 Å². The summed E-state index contributed by atoms with van der Waals surface area (Å²) in [4.78, 5) is 13.6. The maximum absolute atomic E-state index is 10.7. The molecule has 0 saturated carbocycles. The third-order valence-corrected chi connectivity index (χ3v) is 6.32. The van der Waals surface area contributed by atoms with E-state index >= 15 is 0 Å². The van der Waals surface area contributed by atoms with Crippen LogP contribution in [0.5, 0.6) is 5.88 Å². The number of nitrogens with zero attached hydrogens (tertiary/aromatic N) is 2. The number of hydrogen-bond donors (Lipinski definition) is 3. The minimum Gasteiger partial charge on any atom is -0.494 e. The molecule has 5 rings (SSSR count). The summed E-state index contributed by atoms with van der Waals surface area (Å²) in [5.41, 5.74) is 4.51. The Morgan fingerprint density at radius 1 is 1.17 bits per heavy atom. The first-order chi connectivity index (χ1) is 14.7. The second-order valence-corrected chi connectivity index (χ2v) is 8.69. The van der Waals surface area contributed by atoms with Gasteiger partial charge in [0, 0.05) is 20.9 Å². The van der Waals surface area contributed by atoms with Crippen LogP contribution in [-0.2, 0) is 4.84 Å². The number of halogens is 1. The first kappa shape index (κ1) is 19.3. The molecule has 2 aromatic carbocycles. The number of aromatic hydroxyl groups is 1. The Balaban J connectivity index is 1.46. The zero-order valence-corrected chi connectivity index (χ0v) is 18.1. The highest BCUT2D eigenvalue weighted by Gasteiger charge is 2.29. The lowest BCUT2D eigenvalue weighted by molar-refractivity contribution is 0.124. The van der Waals surface area contributed by atoms with Crippen molar-refractivity contribution in [2.45, 2.75) is 19.3 Å². The van der Waals surface area contributed by atoms with E-state index in [-0.39, 0.29) is 5.88 Å². The molecule has 6 nitrogen and oxygen atoms in total. The van der Waals surface area contributed by atoms with Crippen LogP contribution in [0.1, 0.15) is 30.4 Å². The molecule has 1 fully saturated rings. The minimum atomic E-state index is 0.0806. The molecule has 1 saturated heterocycles. The van der Waals surface area contributed by atoms with Crippen LogP contribution >= 0.6 is 15.9 Å². The largest absolute Gasteiger partial charge is 0.494 e. The molecular weight excluding hydrogens is 444 g/mol. The normalized spacial score (nSPS) is 18.0. The smallest absolute Gasteiger partial charge is 0.199 e. The van der Waals surface area contributed by atoms with Crippen LogP contribution in [0, 0.1) is 5.92 Å². The number of benzene rings is 2. The van der Waals surface area contributed by atoms with Gasteiger partial charge in [-0.1, -0.05) is 39.3 Å². The quantitative estimate of drug-likeness (QED) is 0.370. The summed E-state index contributed by atoms with van der Waals surface area (Å²) in [5.74, 6) is 0.766. The Morgan fingerprint density at radius 2 is 2.00 bits per heavy atom. The lowest BCUT2D eigenvalue weighted by atomic mass is 9.95. The highest BCUT2D eigenvalue weighted by atomic mass is 79.9. The molecule has 0 amide bonds.